The normalized spacial score (nSPS) is 18.3. The summed E-state index contributed by atoms with van der Waals surface area (Å²) in [5.74, 6) is 0. The second-order valence-electron chi connectivity index (χ2n) is 4.80. The molecule has 0 aromatic heterocycles. The fourth-order valence-electron chi connectivity index (χ4n) is 2.59. The van der Waals surface area contributed by atoms with Gasteiger partial charge in [0.15, 0.2) is 0 Å². The Labute approximate surface area is 112 Å². The lowest BCUT2D eigenvalue weighted by atomic mass is 10.0. The van der Waals surface area contributed by atoms with Crippen molar-refractivity contribution in [1.29, 1.82) is 5.26 Å². The molecule has 1 fully saturated rings. The van der Waals surface area contributed by atoms with Crippen molar-refractivity contribution in [3.8, 4) is 6.07 Å². The molecule has 1 saturated heterocycles. The molecule has 0 saturated carbocycles. The highest BCUT2D eigenvalue weighted by atomic mass is 16.6. The number of nitrogens with zero attached hydrogens (tertiary/aromatic N) is 3. The molecule has 1 unspecified atom stereocenters. The third kappa shape index (κ3) is 3.09. The van der Waals surface area contributed by atoms with Gasteiger partial charge >= 0.3 is 0 Å². The molecule has 1 aromatic rings. The number of likely N-dealkylation sites (tertiary alicyclic amines) is 1. The van der Waals surface area contributed by atoms with E-state index in [1.807, 2.05) is 0 Å². The van der Waals surface area contributed by atoms with Crippen molar-refractivity contribution in [2.75, 3.05) is 13.1 Å². The Morgan fingerprint density at radius 3 is 2.42 bits per heavy atom. The van der Waals surface area contributed by atoms with E-state index >= 15 is 0 Å². The summed E-state index contributed by atoms with van der Waals surface area (Å²) in [5.41, 5.74) is 0.551. The van der Waals surface area contributed by atoms with Gasteiger partial charge in [-0.3, -0.25) is 15.0 Å². The summed E-state index contributed by atoms with van der Waals surface area (Å²) in [6.07, 6.45) is 4.45. The molecule has 2 rings (SSSR count). The molecule has 1 aromatic carbocycles. The van der Waals surface area contributed by atoms with Crippen LogP contribution >= 0.6 is 0 Å². The average molecular weight is 259 g/mol. The van der Waals surface area contributed by atoms with Crippen molar-refractivity contribution in [3.63, 3.8) is 0 Å². The van der Waals surface area contributed by atoms with Gasteiger partial charge in [0.25, 0.3) is 5.69 Å². The summed E-state index contributed by atoms with van der Waals surface area (Å²) >= 11 is 0. The van der Waals surface area contributed by atoms with E-state index in [1.165, 1.54) is 18.9 Å². The number of nitriles is 1. The number of hydrogen-bond acceptors (Lipinski definition) is 4. The van der Waals surface area contributed by atoms with Crippen LogP contribution < -0.4 is 0 Å². The van der Waals surface area contributed by atoms with E-state index in [1.54, 1.807) is 18.2 Å². The van der Waals surface area contributed by atoms with E-state index in [0.717, 1.165) is 25.9 Å². The molecule has 19 heavy (non-hydrogen) atoms. The molecule has 1 aliphatic rings. The first-order chi connectivity index (χ1) is 9.24. The van der Waals surface area contributed by atoms with Gasteiger partial charge < -0.3 is 0 Å². The van der Waals surface area contributed by atoms with Crippen molar-refractivity contribution in [2.45, 2.75) is 31.7 Å². The smallest absolute Gasteiger partial charge is 0.275 e. The minimum absolute atomic E-state index is 0.0401. The summed E-state index contributed by atoms with van der Waals surface area (Å²) in [6, 6.07) is 8.27. The fraction of sp³-hybridized carbons (Fsp3) is 0.500. The van der Waals surface area contributed by atoms with E-state index in [0.29, 0.717) is 5.56 Å². The molecule has 0 spiro atoms. The zero-order valence-electron chi connectivity index (χ0n) is 10.8. The SMILES string of the molecule is N#CC(c1ccccc1[N+](=O)[O-])N1CCCCCC1. The molecule has 5 heteroatoms. The Bertz CT molecular complexity index is 488. The standard InChI is InChI=1S/C14H17N3O2/c15-11-14(16-9-5-1-2-6-10-16)12-7-3-4-8-13(12)17(18)19/h3-4,7-8,14H,1-2,5-6,9-10H2. The maximum atomic E-state index is 11.1. The summed E-state index contributed by atoms with van der Waals surface area (Å²) in [4.78, 5) is 12.7. The van der Waals surface area contributed by atoms with Crippen molar-refractivity contribution >= 4 is 5.69 Å². The molecule has 5 nitrogen and oxygen atoms in total. The summed E-state index contributed by atoms with van der Waals surface area (Å²) in [7, 11) is 0. The number of rotatable bonds is 3. The van der Waals surface area contributed by atoms with Gasteiger partial charge in [-0.05, 0) is 32.0 Å². The number of benzene rings is 1. The van der Waals surface area contributed by atoms with Crippen molar-refractivity contribution in [1.82, 2.24) is 4.90 Å². The molecule has 1 aliphatic heterocycles. The van der Waals surface area contributed by atoms with Crippen LogP contribution in [0.25, 0.3) is 0 Å². The summed E-state index contributed by atoms with van der Waals surface area (Å²) in [5, 5.41) is 20.5. The highest BCUT2D eigenvalue weighted by Crippen LogP contribution is 2.30. The zero-order valence-corrected chi connectivity index (χ0v) is 10.8. The van der Waals surface area contributed by atoms with E-state index in [-0.39, 0.29) is 5.69 Å². The molecule has 0 amide bonds. The maximum absolute atomic E-state index is 11.1. The minimum atomic E-state index is -0.514. The third-order valence-corrected chi connectivity index (χ3v) is 3.56. The van der Waals surface area contributed by atoms with Gasteiger partial charge in [-0.25, -0.2) is 0 Å². The molecule has 0 aliphatic carbocycles. The van der Waals surface area contributed by atoms with Gasteiger partial charge in [0.2, 0.25) is 0 Å². The van der Waals surface area contributed by atoms with Gasteiger partial charge in [-0.1, -0.05) is 25.0 Å². The Hall–Kier alpha value is -1.93. The van der Waals surface area contributed by atoms with Crippen LogP contribution in [0.1, 0.15) is 37.3 Å². The second kappa shape index (κ2) is 6.30. The molecule has 0 radical (unpaired) electrons. The van der Waals surface area contributed by atoms with E-state index in [9.17, 15) is 15.4 Å². The number of nitro benzene ring substituents is 1. The lowest BCUT2D eigenvalue weighted by molar-refractivity contribution is -0.385. The highest BCUT2D eigenvalue weighted by molar-refractivity contribution is 5.44. The van der Waals surface area contributed by atoms with Crippen LogP contribution in [0, 0.1) is 21.4 Å². The number of hydrogen-bond donors (Lipinski definition) is 0. The predicted molar refractivity (Wildman–Crippen MR) is 71.5 cm³/mol. The number of para-hydroxylation sites is 1. The van der Waals surface area contributed by atoms with Gasteiger partial charge in [-0.2, -0.15) is 5.26 Å². The van der Waals surface area contributed by atoms with Crippen molar-refractivity contribution < 1.29 is 4.92 Å². The molecule has 1 heterocycles. The van der Waals surface area contributed by atoms with Crippen LogP contribution in [0.5, 0.6) is 0 Å². The lowest BCUT2D eigenvalue weighted by Gasteiger charge is -2.25. The molecule has 0 N–H and O–H groups in total. The molecular formula is C14H17N3O2. The average Bonchev–Trinajstić information content (AvgIpc) is 2.69. The van der Waals surface area contributed by atoms with Crippen LogP contribution in [0.15, 0.2) is 24.3 Å². The van der Waals surface area contributed by atoms with Crippen LogP contribution in [-0.2, 0) is 0 Å². The summed E-state index contributed by atoms with van der Waals surface area (Å²) in [6.45, 7) is 1.68. The maximum Gasteiger partial charge on any atom is 0.275 e. The third-order valence-electron chi connectivity index (χ3n) is 3.56. The van der Waals surface area contributed by atoms with Gasteiger partial charge in [-0.15, -0.1) is 0 Å². The first-order valence-corrected chi connectivity index (χ1v) is 6.61. The first-order valence-electron chi connectivity index (χ1n) is 6.61. The lowest BCUT2D eigenvalue weighted by Crippen LogP contribution is -2.29. The Morgan fingerprint density at radius 2 is 1.84 bits per heavy atom. The summed E-state index contributed by atoms with van der Waals surface area (Å²) < 4.78 is 0. The Kier molecular flexibility index (Phi) is 4.48. The molecule has 100 valence electrons. The van der Waals surface area contributed by atoms with Crippen LogP contribution in [0.2, 0.25) is 0 Å². The first kappa shape index (κ1) is 13.5. The Morgan fingerprint density at radius 1 is 1.21 bits per heavy atom. The minimum Gasteiger partial charge on any atom is -0.284 e. The number of nitro groups is 1. The van der Waals surface area contributed by atoms with Gasteiger partial charge in [0, 0.05) is 6.07 Å². The molecule has 0 bridgehead atoms. The predicted octanol–water partition coefficient (Wildman–Crippen LogP) is 3.04. The molecule has 1 atom stereocenters. The van der Waals surface area contributed by atoms with E-state index in [4.69, 9.17) is 0 Å². The van der Waals surface area contributed by atoms with Crippen LogP contribution in [0.3, 0.4) is 0 Å². The second-order valence-corrected chi connectivity index (χ2v) is 4.80. The quantitative estimate of drug-likeness (QED) is 0.618. The highest BCUT2D eigenvalue weighted by Gasteiger charge is 2.27. The monoisotopic (exact) mass is 259 g/mol. The molecular weight excluding hydrogens is 242 g/mol. The Balaban J connectivity index is 2.31. The largest absolute Gasteiger partial charge is 0.284 e. The van der Waals surface area contributed by atoms with Crippen molar-refractivity contribution in [2.24, 2.45) is 0 Å². The van der Waals surface area contributed by atoms with E-state index < -0.39 is 11.0 Å². The van der Waals surface area contributed by atoms with Gasteiger partial charge in [0.1, 0.15) is 6.04 Å². The topological polar surface area (TPSA) is 70.2 Å². The van der Waals surface area contributed by atoms with Crippen molar-refractivity contribution in [3.05, 3.63) is 39.9 Å². The van der Waals surface area contributed by atoms with Crippen LogP contribution in [0.4, 0.5) is 5.69 Å². The van der Waals surface area contributed by atoms with Gasteiger partial charge in [0.05, 0.1) is 16.6 Å². The van der Waals surface area contributed by atoms with Crippen LogP contribution in [-0.4, -0.2) is 22.9 Å². The zero-order chi connectivity index (χ0) is 13.7. The van der Waals surface area contributed by atoms with E-state index in [2.05, 4.69) is 11.0 Å². The fourth-order valence-corrected chi connectivity index (χ4v) is 2.59.